The minimum atomic E-state index is -0.493. The fourth-order valence-electron chi connectivity index (χ4n) is 3.93. The smallest absolute Gasteiger partial charge is 0.244 e. The maximum Gasteiger partial charge on any atom is 0.244 e. The van der Waals surface area contributed by atoms with Gasteiger partial charge in [-0.25, -0.2) is 0 Å². The second kappa shape index (κ2) is 10.2. The van der Waals surface area contributed by atoms with Crippen LogP contribution in [0, 0.1) is 11.3 Å². The minimum absolute atomic E-state index is 0.0339. The topological polar surface area (TPSA) is 115 Å². The summed E-state index contributed by atoms with van der Waals surface area (Å²) in [5.41, 5.74) is 9.61. The van der Waals surface area contributed by atoms with Gasteiger partial charge in [0.2, 0.25) is 11.8 Å². The predicted octanol–water partition coefficient (Wildman–Crippen LogP) is 4.88. The first kappa shape index (κ1) is 23.1. The molecule has 0 spiro atoms. The summed E-state index contributed by atoms with van der Waals surface area (Å²) in [5, 5.41) is 17.4. The second-order valence-electron chi connectivity index (χ2n) is 7.87. The molecule has 0 saturated heterocycles. The molecular formula is C26H28N4O4. The van der Waals surface area contributed by atoms with E-state index in [1.54, 1.807) is 7.11 Å². The number of methoxy groups -OCH3 is 1. The first-order valence-electron chi connectivity index (χ1n) is 11.3. The molecule has 0 fully saturated rings. The van der Waals surface area contributed by atoms with Gasteiger partial charge in [0.15, 0.2) is 11.5 Å². The van der Waals surface area contributed by atoms with E-state index in [2.05, 4.69) is 23.2 Å². The van der Waals surface area contributed by atoms with E-state index in [0.29, 0.717) is 36.2 Å². The van der Waals surface area contributed by atoms with E-state index < -0.39 is 5.92 Å². The highest BCUT2D eigenvalue weighted by Gasteiger charge is 2.36. The summed E-state index contributed by atoms with van der Waals surface area (Å²) < 4.78 is 22.8. The average Bonchev–Trinajstić information content (AvgIpc) is 3.28. The average molecular weight is 461 g/mol. The molecule has 3 N–H and O–H groups in total. The number of nitriles is 1. The van der Waals surface area contributed by atoms with Crippen molar-refractivity contribution in [1.82, 2.24) is 10.2 Å². The Balaban J connectivity index is 1.79. The molecule has 0 bridgehead atoms. The number of allylic oxidation sites excluding steroid dienone is 1. The van der Waals surface area contributed by atoms with E-state index in [9.17, 15) is 5.26 Å². The zero-order valence-electron chi connectivity index (χ0n) is 19.6. The van der Waals surface area contributed by atoms with Crippen molar-refractivity contribution >= 4 is 0 Å². The van der Waals surface area contributed by atoms with Gasteiger partial charge >= 0.3 is 0 Å². The molecule has 8 nitrogen and oxygen atoms in total. The van der Waals surface area contributed by atoms with Crippen molar-refractivity contribution in [3.05, 3.63) is 65.0 Å². The molecule has 0 radical (unpaired) electrons. The number of hydrogen-bond acceptors (Lipinski definition) is 7. The molecule has 1 aliphatic rings. The van der Waals surface area contributed by atoms with Gasteiger partial charge in [-0.1, -0.05) is 19.9 Å². The van der Waals surface area contributed by atoms with Crippen molar-refractivity contribution in [3.8, 4) is 40.5 Å². The van der Waals surface area contributed by atoms with Gasteiger partial charge in [-0.2, -0.15) is 5.26 Å². The highest BCUT2D eigenvalue weighted by atomic mass is 16.5. The normalized spacial score (nSPS) is 14.7. The SMILES string of the molecule is CCCOc1ccc(-c2[nH]nc3c2[C@@H](c2ccc(OCCC)c(OC)c2)C(C#N)=C(N)O3)cc1. The van der Waals surface area contributed by atoms with Crippen molar-refractivity contribution in [3.63, 3.8) is 0 Å². The number of fused-ring (bicyclic) bond motifs is 1. The number of nitrogens with zero attached hydrogens (tertiary/aromatic N) is 2. The van der Waals surface area contributed by atoms with Crippen LogP contribution in [0.15, 0.2) is 53.9 Å². The third kappa shape index (κ3) is 4.37. The zero-order chi connectivity index (χ0) is 24.1. The lowest BCUT2D eigenvalue weighted by atomic mass is 9.83. The van der Waals surface area contributed by atoms with Gasteiger partial charge in [-0.3, -0.25) is 5.10 Å². The highest BCUT2D eigenvalue weighted by Crippen LogP contribution is 2.47. The number of aromatic nitrogens is 2. The first-order valence-corrected chi connectivity index (χ1v) is 11.3. The summed E-state index contributed by atoms with van der Waals surface area (Å²) in [5.74, 6) is 1.90. The third-order valence-electron chi connectivity index (χ3n) is 5.54. The molecule has 0 unspecified atom stereocenters. The van der Waals surface area contributed by atoms with Gasteiger partial charge in [-0.05, 0) is 54.8 Å². The lowest BCUT2D eigenvalue weighted by Crippen LogP contribution is -2.21. The predicted molar refractivity (Wildman–Crippen MR) is 128 cm³/mol. The van der Waals surface area contributed by atoms with E-state index in [4.69, 9.17) is 24.7 Å². The van der Waals surface area contributed by atoms with Crippen LogP contribution in [0.5, 0.6) is 23.1 Å². The van der Waals surface area contributed by atoms with Gasteiger partial charge in [0.25, 0.3) is 0 Å². The lowest BCUT2D eigenvalue weighted by Gasteiger charge is -2.25. The largest absolute Gasteiger partial charge is 0.494 e. The molecule has 34 heavy (non-hydrogen) atoms. The molecule has 1 aliphatic heterocycles. The molecule has 3 aromatic rings. The summed E-state index contributed by atoms with van der Waals surface area (Å²) in [7, 11) is 1.59. The van der Waals surface area contributed by atoms with Crippen LogP contribution in [-0.2, 0) is 0 Å². The lowest BCUT2D eigenvalue weighted by molar-refractivity contribution is 0.294. The van der Waals surface area contributed by atoms with Crippen LogP contribution in [-0.4, -0.2) is 30.5 Å². The van der Waals surface area contributed by atoms with Crippen LogP contribution in [0.4, 0.5) is 0 Å². The fourth-order valence-corrected chi connectivity index (χ4v) is 3.93. The Morgan fingerprint density at radius 2 is 1.79 bits per heavy atom. The fraction of sp³-hybridized carbons (Fsp3) is 0.308. The molecule has 8 heteroatoms. The first-order chi connectivity index (χ1) is 16.6. The molecule has 0 aliphatic carbocycles. The van der Waals surface area contributed by atoms with Crippen molar-refractivity contribution in [2.45, 2.75) is 32.6 Å². The Labute approximate surface area is 198 Å². The number of nitrogens with two attached hydrogens (primary N) is 1. The van der Waals surface area contributed by atoms with E-state index in [1.165, 1.54) is 0 Å². The quantitative estimate of drug-likeness (QED) is 0.467. The van der Waals surface area contributed by atoms with Crippen LogP contribution in [0.1, 0.15) is 43.7 Å². The molecule has 0 saturated carbocycles. The molecule has 1 aromatic heterocycles. The monoisotopic (exact) mass is 460 g/mol. The minimum Gasteiger partial charge on any atom is -0.494 e. The Bertz CT molecular complexity index is 1220. The highest BCUT2D eigenvalue weighted by molar-refractivity contribution is 5.71. The molecule has 176 valence electrons. The number of rotatable bonds is 9. The van der Waals surface area contributed by atoms with E-state index >= 15 is 0 Å². The van der Waals surface area contributed by atoms with E-state index in [0.717, 1.165) is 41.0 Å². The van der Waals surface area contributed by atoms with Crippen LogP contribution < -0.4 is 24.7 Å². The Morgan fingerprint density at radius 1 is 1.06 bits per heavy atom. The van der Waals surface area contributed by atoms with Gasteiger partial charge in [-0.15, -0.1) is 5.10 Å². The maximum atomic E-state index is 9.96. The van der Waals surface area contributed by atoms with E-state index in [1.807, 2.05) is 49.4 Å². The summed E-state index contributed by atoms with van der Waals surface area (Å²) in [6, 6.07) is 15.6. The van der Waals surface area contributed by atoms with E-state index in [-0.39, 0.29) is 5.88 Å². The number of hydrogen-bond donors (Lipinski definition) is 2. The van der Waals surface area contributed by atoms with Crippen molar-refractivity contribution < 1.29 is 18.9 Å². The maximum absolute atomic E-state index is 9.96. The summed E-state index contributed by atoms with van der Waals surface area (Å²) in [6.07, 6.45) is 1.82. The molecule has 1 atom stereocenters. The Hall–Kier alpha value is -4.12. The molecule has 0 amide bonds. The third-order valence-corrected chi connectivity index (χ3v) is 5.54. The molecular weight excluding hydrogens is 432 g/mol. The summed E-state index contributed by atoms with van der Waals surface area (Å²) >= 11 is 0. The number of nitrogens with one attached hydrogen (secondary N) is 1. The van der Waals surface area contributed by atoms with Crippen molar-refractivity contribution in [2.24, 2.45) is 5.73 Å². The number of H-pyrrole nitrogens is 1. The van der Waals surface area contributed by atoms with Crippen LogP contribution in [0.2, 0.25) is 0 Å². The van der Waals surface area contributed by atoms with Crippen LogP contribution >= 0.6 is 0 Å². The van der Waals surface area contributed by atoms with Gasteiger partial charge in [0.1, 0.15) is 17.4 Å². The molecule has 4 rings (SSSR count). The summed E-state index contributed by atoms with van der Waals surface area (Å²) in [6.45, 7) is 5.34. The molecule has 2 heterocycles. The van der Waals surface area contributed by atoms with Gasteiger partial charge in [0.05, 0.1) is 37.5 Å². The standard InChI is InChI=1S/C26H28N4O4/c1-4-12-32-18-9-6-16(7-10-18)24-23-22(19(15-27)25(28)34-26(23)30-29-24)17-8-11-20(33-13-5-2)21(14-17)31-3/h6-11,14,22H,4-5,12-13,28H2,1-3H3,(H,29,30)/t22-/m0/s1. The number of benzene rings is 2. The molecule has 2 aromatic carbocycles. The Kier molecular flexibility index (Phi) is 6.93. The van der Waals surface area contributed by atoms with Crippen LogP contribution in [0.3, 0.4) is 0 Å². The van der Waals surface area contributed by atoms with Gasteiger partial charge < -0.3 is 24.7 Å². The number of ether oxygens (including phenoxy) is 4. The van der Waals surface area contributed by atoms with Gasteiger partial charge in [0, 0.05) is 5.56 Å². The summed E-state index contributed by atoms with van der Waals surface area (Å²) in [4.78, 5) is 0. The van der Waals surface area contributed by atoms with Crippen LogP contribution in [0.25, 0.3) is 11.3 Å². The zero-order valence-corrected chi connectivity index (χ0v) is 19.6. The second-order valence-corrected chi connectivity index (χ2v) is 7.87. The Morgan fingerprint density at radius 3 is 2.47 bits per heavy atom. The van der Waals surface area contributed by atoms with Crippen molar-refractivity contribution in [1.29, 1.82) is 5.26 Å². The van der Waals surface area contributed by atoms with Crippen molar-refractivity contribution in [2.75, 3.05) is 20.3 Å². The number of aromatic amines is 1.